The first-order valence-electron chi connectivity index (χ1n) is 6.00. The van der Waals surface area contributed by atoms with Crippen LogP contribution in [0.5, 0.6) is 5.75 Å². The molecule has 96 valence electrons. The highest BCUT2D eigenvalue weighted by atomic mass is 16.5. The Bertz CT molecular complexity index is 591. The minimum Gasteiger partial charge on any atom is -0.489 e. The van der Waals surface area contributed by atoms with Crippen molar-refractivity contribution in [3.05, 3.63) is 59.4 Å². The molecular formula is C15H14N2O2. The van der Waals surface area contributed by atoms with Gasteiger partial charge in [-0.25, -0.2) is 4.98 Å². The van der Waals surface area contributed by atoms with Crippen LogP contribution in [0.2, 0.25) is 0 Å². The average Bonchev–Trinajstić information content (AvgIpc) is 2.47. The van der Waals surface area contributed by atoms with E-state index >= 15 is 0 Å². The standard InChI is InChI=1S/C15H14N2O2/c16-10-14-9-12(5-7-17-14)11-19-15-4-2-1-3-13(15)6-8-18/h1-5,7,9,18H,6,8,11H2. The maximum absolute atomic E-state index is 9.00. The highest BCUT2D eigenvalue weighted by Gasteiger charge is 2.03. The smallest absolute Gasteiger partial charge is 0.140 e. The Morgan fingerprint density at radius 2 is 2.11 bits per heavy atom. The van der Waals surface area contributed by atoms with Gasteiger partial charge in [-0.3, -0.25) is 0 Å². The number of nitriles is 1. The van der Waals surface area contributed by atoms with Crippen LogP contribution in [0.4, 0.5) is 0 Å². The number of pyridine rings is 1. The van der Waals surface area contributed by atoms with E-state index < -0.39 is 0 Å². The van der Waals surface area contributed by atoms with E-state index in [0.29, 0.717) is 18.7 Å². The fraction of sp³-hybridized carbons (Fsp3) is 0.200. The van der Waals surface area contributed by atoms with Gasteiger partial charge in [-0.2, -0.15) is 5.26 Å². The van der Waals surface area contributed by atoms with Crippen molar-refractivity contribution in [2.45, 2.75) is 13.0 Å². The molecule has 1 aromatic heterocycles. The highest BCUT2D eigenvalue weighted by molar-refractivity contribution is 5.34. The molecule has 0 amide bonds. The fourth-order valence-corrected chi connectivity index (χ4v) is 1.76. The van der Waals surface area contributed by atoms with Crippen LogP contribution in [0, 0.1) is 11.3 Å². The second-order valence-electron chi connectivity index (χ2n) is 4.03. The summed E-state index contributed by atoms with van der Waals surface area (Å²) < 4.78 is 5.73. The maximum atomic E-state index is 9.00. The molecule has 19 heavy (non-hydrogen) atoms. The lowest BCUT2D eigenvalue weighted by atomic mass is 10.1. The van der Waals surface area contributed by atoms with Crippen LogP contribution < -0.4 is 4.74 Å². The summed E-state index contributed by atoms with van der Waals surface area (Å²) >= 11 is 0. The third kappa shape index (κ3) is 3.54. The molecule has 0 aliphatic rings. The average molecular weight is 254 g/mol. The summed E-state index contributed by atoms with van der Waals surface area (Å²) in [6, 6.07) is 13.1. The van der Waals surface area contributed by atoms with E-state index in [1.54, 1.807) is 12.3 Å². The molecule has 1 N–H and O–H groups in total. The number of hydrogen-bond acceptors (Lipinski definition) is 4. The minimum absolute atomic E-state index is 0.0915. The van der Waals surface area contributed by atoms with Gasteiger partial charge in [-0.1, -0.05) is 18.2 Å². The maximum Gasteiger partial charge on any atom is 0.140 e. The van der Waals surface area contributed by atoms with Crippen LogP contribution in [0.3, 0.4) is 0 Å². The van der Waals surface area contributed by atoms with Crippen LogP contribution >= 0.6 is 0 Å². The summed E-state index contributed by atoms with van der Waals surface area (Å²) in [5.74, 6) is 0.756. The molecule has 4 heteroatoms. The fourth-order valence-electron chi connectivity index (χ4n) is 1.76. The first kappa shape index (κ1) is 13.1. The largest absolute Gasteiger partial charge is 0.489 e. The van der Waals surface area contributed by atoms with Crippen molar-refractivity contribution in [1.82, 2.24) is 4.98 Å². The number of hydrogen-bond donors (Lipinski definition) is 1. The minimum atomic E-state index is 0.0915. The second-order valence-corrected chi connectivity index (χ2v) is 4.03. The van der Waals surface area contributed by atoms with Gasteiger partial charge in [0.2, 0.25) is 0 Å². The molecule has 0 bridgehead atoms. The van der Waals surface area contributed by atoms with Gasteiger partial charge < -0.3 is 9.84 Å². The first-order chi connectivity index (χ1) is 9.33. The molecule has 0 saturated carbocycles. The Balaban J connectivity index is 2.08. The number of benzene rings is 1. The number of aromatic nitrogens is 1. The summed E-state index contributed by atoms with van der Waals surface area (Å²) in [4.78, 5) is 3.91. The van der Waals surface area contributed by atoms with E-state index in [2.05, 4.69) is 4.98 Å². The molecule has 0 radical (unpaired) electrons. The van der Waals surface area contributed by atoms with Gasteiger partial charge in [0, 0.05) is 12.8 Å². The van der Waals surface area contributed by atoms with Gasteiger partial charge in [0.1, 0.15) is 24.1 Å². The SMILES string of the molecule is N#Cc1cc(COc2ccccc2CCO)ccn1. The summed E-state index contributed by atoms with van der Waals surface area (Å²) in [6.07, 6.45) is 2.16. The Kier molecular flexibility index (Phi) is 4.49. The summed E-state index contributed by atoms with van der Waals surface area (Å²) in [7, 11) is 0. The second kappa shape index (κ2) is 6.53. The predicted octanol–water partition coefficient (Wildman–Crippen LogP) is 2.07. The topological polar surface area (TPSA) is 66.1 Å². The van der Waals surface area contributed by atoms with E-state index in [9.17, 15) is 0 Å². The lowest BCUT2D eigenvalue weighted by molar-refractivity contribution is 0.284. The monoisotopic (exact) mass is 254 g/mol. The van der Waals surface area contributed by atoms with Crippen molar-refractivity contribution in [3.63, 3.8) is 0 Å². The van der Waals surface area contributed by atoms with Gasteiger partial charge >= 0.3 is 0 Å². The van der Waals surface area contributed by atoms with Crippen molar-refractivity contribution in [3.8, 4) is 11.8 Å². The van der Waals surface area contributed by atoms with Gasteiger partial charge in [0.25, 0.3) is 0 Å². The van der Waals surface area contributed by atoms with Gasteiger partial charge in [-0.05, 0) is 35.7 Å². The van der Waals surface area contributed by atoms with Gasteiger partial charge in [-0.15, -0.1) is 0 Å². The molecule has 0 saturated heterocycles. The van der Waals surface area contributed by atoms with Crippen LogP contribution in [-0.2, 0) is 13.0 Å². The molecule has 0 aliphatic carbocycles. The zero-order valence-electron chi connectivity index (χ0n) is 10.4. The lowest BCUT2D eigenvalue weighted by Gasteiger charge is -2.10. The molecule has 0 aliphatic heterocycles. The molecule has 0 spiro atoms. The number of ether oxygens (including phenoxy) is 1. The van der Waals surface area contributed by atoms with Crippen molar-refractivity contribution in [2.24, 2.45) is 0 Å². The zero-order chi connectivity index (χ0) is 13.5. The van der Waals surface area contributed by atoms with Crippen molar-refractivity contribution in [2.75, 3.05) is 6.61 Å². The molecule has 0 atom stereocenters. The van der Waals surface area contributed by atoms with E-state index in [0.717, 1.165) is 16.9 Å². The van der Waals surface area contributed by atoms with Crippen LogP contribution in [0.25, 0.3) is 0 Å². The molecular weight excluding hydrogens is 240 g/mol. The zero-order valence-corrected chi connectivity index (χ0v) is 10.4. The van der Waals surface area contributed by atoms with Crippen LogP contribution in [0.15, 0.2) is 42.6 Å². The van der Waals surface area contributed by atoms with Crippen molar-refractivity contribution < 1.29 is 9.84 Å². The van der Waals surface area contributed by atoms with Crippen molar-refractivity contribution >= 4 is 0 Å². The number of aliphatic hydroxyl groups is 1. The summed E-state index contributed by atoms with van der Waals surface area (Å²) in [6.45, 7) is 0.466. The number of para-hydroxylation sites is 1. The van der Waals surface area contributed by atoms with E-state index in [1.165, 1.54) is 0 Å². The van der Waals surface area contributed by atoms with Gasteiger partial charge in [0.05, 0.1) is 0 Å². The van der Waals surface area contributed by atoms with E-state index in [1.807, 2.05) is 36.4 Å². The predicted molar refractivity (Wildman–Crippen MR) is 70.5 cm³/mol. The Labute approximate surface area is 111 Å². The molecule has 2 aromatic rings. The Hall–Kier alpha value is -2.38. The lowest BCUT2D eigenvalue weighted by Crippen LogP contribution is -2.00. The number of aliphatic hydroxyl groups excluding tert-OH is 1. The summed E-state index contributed by atoms with van der Waals surface area (Å²) in [5.41, 5.74) is 2.25. The highest BCUT2D eigenvalue weighted by Crippen LogP contribution is 2.19. The van der Waals surface area contributed by atoms with Crippen molar-refractivity contribution in [1.29, 1.82) is 5.26 Å². The van der Waals surface area contributed by atoms with E-state index in [4.69, 9.17) is 15.1 Å². The molecule has 1 aromatic carbocycles. The Morgan fingerprint density at radius 1 is 1.26 bits per heavy atom. The molecule has 4 nitrogen and oxygen atoms in total. The molecule has 0 fully saturated rings. The molecule has 2 rings (SSSR count). The third-order valence-corrected chi connectivity index (χ3v) is 2.69. The number of rotatable bonds is 5. The first-order valence-corrected chi connectivity index (χ1v) is 6.00. The normalized spacial score (nSPS) is 9.89. The summed E-state index contributed by atoms with van der Waals surface area (Å²) in [5, 5.41) is 17.8. The number of nitrogens with zero attached hydrogens (tertiary/aromatic N) is 2. The molecule has 0 unspecified atom stereocenters. The van der Waals surface area contributed by atoms with Gasteiger partial charge in [0.15, 0.2) is 0 Å². The molecule has 1 heterocycles. The third-order valence-electron chi connectivity index (χ3n) is 2.69. The quantitative estimate of drug-likeness (QED) is 0.887. The van der Waals surface area contributed by atoms with Crippen LogP contribution in [-0.4, -0.2) is 16.7 Å². The van der Waals surface area contributed by atoms with Crippen LogP contribution in [0.1, 0.15) is 16.8 Å². The Morgan fingerprint density at radius 3 is 2.89 bits per heavy atom. The van der Waals surface area contributed by atoms with E-state index in [-0.39, 0.29) is 6.61 Å².